The molecule has 5 rings (SSSR count). The number of nitrogens with zero attached hydrogens (tertiary/aromatic N) is 3. The van der Waals surface area contributed by atoms with Crippen molar-refractivity contribution in [2.45, 2.75) is 6.42 Å². The van der Waals surface area contributed by atoms with Gasteiger partial charge in [0, 0.05) is 28.0 Å². The summed E-state index contributed by atoms with van der Waals surface area (Å²) in [7, 11) is 0. The maximum absolute atomic E-state index is 13.3. The van der Waals surface area contributed by atoms with Gasteiger partial charge in [0.05, 0.1) is 11.0 Å². The maximum Gasteiger partial charge on any atom is 0.278 e. The van der Waals surface area contributed by atoms with Crippen LogP contribution in [-0.4, -0.2) is 33.2 Å². The van der Waals surface area contributed by atoms with E-state index in [4.69, 9.17) is 16.6 Å². The molecule has 0 saturated heterocycles. The Kier molecular flexibility index (Phi) is 5.64. The summed E-state index contributed by atoms with van der Waals surface area (Å²) in [6.45, 7) is 0.464. The second-order valence-corrected chi connectivity index (χ2v) is 8.78. The second kappa shape index (κ2) is 8.73. The van der Waals surface area contributed by atoms with E-state index in [9.17, 15) is 4.79 Å². The number of carbonyl (C=O) groups is 1. The Morgan fingerprint density at radius 3 is 2.50 bits per heavy atom. The lowest BCUT2D eigenvalue weighted by Crippen LogP contribution is -2.34. The van der Waals surface area contributed by atoms with Crippen LogP contribution in [0.15, 0.2) is 88.0 Å². The predicted molar refractivity (Wildman–Crippen MR) is 132 cm³/mol. The highest BCUT2D eigenvalue weighted by Gasteiger charge is 2.31. The van der Waals surface area contributed by atoms with Crippen molar-refractivity contribution in [3.63, 3.8) is 0 Å². The Morgan fingerprint density at radius 1 is 1.00 bits per heavy atom. The standard InChI is InChI=1S/C25H18BrClN4O/c26-18-9-7-17(8-10-18)24-30-22(15-16-5-11-19(27)12-6-16)25(32)31(24)14-13-23-28-20-3-1-2-4-21(20)29-23/h1-12,15H,13-14H2,(H,28,29). The van der Waals surface area contributed by atoms with Crippen molar-refractivity contribution in [3.05, 3.63) is 105 Å². The van der Waals surface area contributed by atoms with Crippen molar-refractivity contribution in [2.75, 3.05) is 6.54 Å². The quantitative estimate of drug-likeness (QED) is 0.346. The summed E-state index contributed by atoms with van der Waals surface area (Å²) >= 11 is 9.45. The number of amidine groups is 1. The minimum atomic E-state index is -0.131. The summed E-state index contributed by atoms with van der Waals surface area (Å²) in [5, 5.41) is 0.649. The van der Waals surface area contributed by atoms with Crippen LogP contribution in [0, 0.1) is 0 Å². The molecule has 0 unspecified atom stereocenters. The number of aromatic nitrogens is 2. The molecule has 0 fully saturated rings. The largest absolute Gasteiger partial charge is 0.342 e. The van der Waals surface area contributed by atoms with Crippen molar-refractivity contribution in [3.8, 4) is 0 Å². The number of aliphatic imine (C=N–C) groups is 1. The molecule has 1 aliphatic heterocycles. The van der Waals surface area contributed by atoms with Crippen molar-refractivity contribution >= 4 is 56.4 Å². The summed E-state index contributed by atoms with van der Waals surface area (Å²) in [6, 6.07) is 23.0. The molecule has 5 nitrogen and oxygen atoms in total. The van der Waals surface area contributed by atoms with Gasteiger partial charge in [0.2, 0.25) is 0 Å². The SMILES string of the molecule is O=C1C(=Cc2ccc(Cl)cc2)N=C(c2ccc(Br)cc2)N1CCc1nc2ccccc2[nH]1. The minimum Gasteiger partial charge on any atom is -0.342 e. The van der Waals surface area contributed by atoms with Gasteiger partial charge < -0.3 is 4.98 Å². The molecule has 0 bridgehead atoms. The van der Waals surface area contributed by atoms with Gasteiger partial charge in [-0.1, -0.05) is 63.9 Å². The van der Waals surface area contributed by atoms with E-state index in [0.717, 1.165) is 32.5 Å². The van der Waals surface area contributed by atoms with Crippen molar-refractivity contribution in [2.24, 2.45) is 4.99 Å². The zero-order valence-corrected chi connectivity index (χ0v) is 19.3. The first kappa shape index (κ1) is 20.7. The van der Waals surface area contributed by atoms with Crippen molar-refractivity contribution in [1.29, 1.82) is 0 Å². The molecule has 2 heterocycles. The molecule has 158 valence electrons. The lowest BCUT2D eigenvalue weighted by atomic mass is 10.2. The lowest BCUT2D eigenvalue weighted by molar-refractivity contribution is -0.122. The number of amides is 1. The van der Waals surface area contributed by atoms with E-state index in [2.05, 4.69) is 25.9 Å². The molecule has 1 aliphatic rings. The van der Waals surface area contributed by atoms with E-state index in [1.807, 2.05) is 60.7 Å². The number of imidazole rings is 1. The van der Waals surface area contributed by atoms with Crippen molar-refractivity contribution < 1.29 is 4.79 Å². The van der Waals surface area contributed by atoms with Crippen LogP contribution in [0.4, 0.5) is 0 Å². The second-order valence-electron chi connectivity index (χ2n) is 7.43. The zero-order chi connectivity index (χ0) is 22.1. The Bertz CT molecular complexity index is 1320. The van der Waals surface area contributed by atoms with E-state index in [-0.39, 0.29) is 5.91 Å². The molecule has 0 radical (unpaired) electrons. The first-order valence-electron chi connectivity index (χ1n) is 10.1. The number of aromatic amines is 1. The van der Waals surface area contributed by atoms with Gasteiger partial charge in [0.1, 0.15) is 17.4 Å². The molecule has 0 saturated carbocycles. The molecule has 3 aromatic carbocycles. The van der Waals surface area contributed by atoms with Gasteiger partial charge in [-0.05, 0) is 48.0 Å². The molecule has 1 amide bonds. The van der Waals surface area contributed by atoms with Crippen LogP contribution in [0.1, 0.15) is 17.0 Å². The van der Waals surface area contributed by atoms with Crippen LogP contribution >= 0.6 is 27.5 Å². The molecule has 7 heteroatoms. The van der Waals surface area contributed by atoms with Crippen LogP contribution in [0.3, 0.4) is 0 Å². The molecule has 0 atom stereocenters. The predicted octanol–water partition coefficient (Wildman–Crippen LogP) is 5.85. The number of halogens is 2. The Hall–Kier alpha value is -3.22. The summed E-state index contributed by atoms with van der Waals surface area (Å²) < 4.78 is 0.969. The number of hydrogen-bond donors (Lipinski definition) is 1. The van der Waals surface area contributed by atoms with Crippen LogP contribution in [0.25, 0.3) is 17.1 Å². The molecule has 1 N–H and O–H groups in total. The van der Waals surface area contributed by atoms with E-state index in [0.29, 0.717) is 29.5 Å². The first-order chi connectivity index (χ1) is 15.6. The third-order valence-electron chi connectivity index (χ3n) is 5.23. The topological polar surface area (TPSA) is 61.4 Å². The van der Waals surface area contributed by atoms with Gasteiger partial charge in [-0.15, -0.1) is 0 Å². The highest BCUT2D eigenvalue weighted by atomic mass is 79.9. The van der Waals surface area contributed by atoms with Crippen LogP contribution < -0.4 is 0 Å². The smallest absolute Gasteiger partial charge is 0.278 e. The van der Waals surface area contributed by atoms with Crippen LogP contribution in [0.2, 0.25) is 5.02 Å². The van der Waals surface area contributed by atoms with E-state index < -0.39 is 0 Å². The van der Waals surface area contributed by atoms with Gasteiger partial charge in [-0.25, -0.2) is 9.98 Å². The number of H-pyrrole nitrogens is 1. The third-order valence-corrected chi connectivity index (χ3v) is 6.01. The Morgan fingerprint density at radius 2 is 1.75 bits per heavy atom. The summed E-state index contributed by atoms with van der Waals surface area (Å²) in [4.78, 5) is 27.7. The van der Waals surface area contributed by atoms with E-state index >= 15 is 0 Å². The number of fused-ring (bicyclic) bond motifs is 1. The third kappa shape index (κ3) is 4.24. The molecule has 0 spiro atoms. The molecular formula is C25H18BrClN4O. The average molecular weight is 506 g/mol. The Labute approximate surface area is 198 Å². The first-order valence-corrected chi connectivity index (χ1v) is 11.3. The highest BCUT2D eigenvalue weighted by Crippen LogP contribution is 2.24. The number of benzene rings is 3. The van der Waals surface area contributed by atoms with Crippen molar-refractivity contribution in [1.82, 2.24) is 14.9 Å². The number of carbonyl (C=O) groups excluding carboxylic acids is 1. The van der Waals surface area contributed by atoms with Gasteiger partial charge in [-0.3, -0.25) is 9.69 Å². The normalized spacial score (nSPS) is 15.1. The molecular weight excluding hydrogens is 488 g/mol. The summed E-state index contributed by atoms with van der Waals surface area (Å²) in [5.74, 6) is 1.34. The molecule has 4 aromatic rings. The summed E-state index contributed by atoms with van der Waals surface area (Å²) in [5.41, 5.74) is 4.05. The van der Waals surface area contributed by atoms with Gasteiger partial charge in [0.15, 0.2) is 0 Å². The van der Waals surface area contributed by atoms with Crippen LogP contribution in [-0.2, 0) is 11.2 Å². The minimum absolute atomic E-state index is 0.131. The van der Waals surface area contributed by atoms with E-state index in [1.54, 1.807) is 23.1 Å². The monoisotopic (exact) mass is 504 g/mol. The van der Waals surface area contributed by atoms with E-state index in [1.165, 1.54) is 0 Å². The fourth-order valence-corrected chi connectivity index (χ4v) is 4.03. The molecule has 1 aromatic heterocycles. The number of hydrogen-bond acceptors (Lipinski definition) is 3. The Balaban J connectivity index is 1.45. The number of para-hydroxylation sites is 2. The summed E-state index contributed by atoms with van der Waals surface area (Å²) in [6.07, 6.45) is 2.38. The number of nitrogens with one attached hydrogen (secondary N) is 1. The fraction of sp³-hybridized carbons (Fsp3) is 0.0800. The fourth-order valence-electron chi connectivity index (χ4n) is 3.64. The maximum atomic E-state index is 13.3. The highest BCUT2D eigenvalue weighted by molar-refractivity contribution is 9.10. The number of rotatable bonds is 5. The van der Waals surface area contributed by atoms with Gasteiger partial charge >= 0.3 is 0 Å². The zero-order valence-electron chi connectivity index (χ0n) is 16.9. The molecule has 0 aliphatic carbocycles. The molecule has 32 heavy (non-hydrogen) atoms. The van der Waals surface area contributed by atoms with Gasteiger partial charge in [-0.2, -0.15) is 0 Å². The van der Waals surface area contributed by atoms with Crippen LogP contribution in [0.5, 0.6) is 0 Å². The average Bonchev–Trinajstić information content (AvgIpc) is 3.35. The van der Waals surface area contributed by atoms with Gasteiger partial charge in [0.25, 0.3) is 5.91 Å². The lowest BCUT2D eigenvalue weighted by Gasteiger charge is -2.18.